The number of ether oxygens (including phenoxy) is 1. The number of pyridine rings is 1. The van der Waals surface area contributed by atoms with E-state index in [2.05, 4.69) is 31.1 Å². The fourth-order valence-electron chi connectivity index (χ4n) is 3.78. The molecule has 0 bridgehead atoms. The van der Waals surface area contributed by atoms with Crippen LogP contribution in [0.15, 0.2) is 59.2 Å². The highest BCUT2D eigenvalue weighted by molar-refractivity contribution is 9.10. The van der Waals surface area contributed by atoms with Crippen molar-refractivity contribution in [1.82, 2.24) is 15.2 Å². The third kappa shape index (κ3) is 4.77. The van der Waals surface area contributed by atoms with Crippen molar-refractivity contribution < 1.29 is 9.53 Å². The van der Waals surface area contributed by atoms with Crippen LogP contribution >= 0.6 is 15.9 Å². The minimum absolute atomic E-state index is 0.129. The lowest BCUT2D eigenvalue weighted by Crippen LogP contribution is -2.37. The van der Waals surface area contributed by atoms with E-state index in [1.54, 1.807) is 13.3 Å². The zero-order valence-corrected chi connectivity index (χ0v) is 18.0. The summed E-state index contributed by atoms with van der Waals surface area (Å²) in [6.07, 6.45) is 4.16. The van der Waals surface area contributed by atoms with E-state index in [-0.39, 0.29) is 11.9 Å². The number of methoxy groups -OCH3 is 1. The summed E-state index contributed by atoms with van der Waals surface area (Å²) in [6, 6.07) is 15.6. The van der Waals surface area contributed by atoms with E-state index >= 15 is 0 Å². The normalized spacial score (nSPS) is 15.4. The molecule has 0 spiro atoms. The van der Waals surface area contributed by atoms with E-state index in [4.69, 9.17) is 4.74 Å². The quantitative estimate of drug-likeness (QED) is 0.593. The van der Waals surface area contributed by atoms with Gasteiger partial charge in [-0.1, -0.05) is 34.1 Å². The largest absolute Gasteiger partial charge is 0.497 e. The Labute approximate surface area is 179 Å². The molecule has 5 nitrogen and oxygen atoms in total. The maximum atomic E-state index is 13.1. The Kier molecular flexibility index (Phi) is 6.11. The maximum Gasteiger partial charge on any atom is 0.270 e. The van der Waals surface area contributed by atoms with Crippen LogP contribution in [-0.2, 0) is 0 Å². The summed E-state index contributed by atoms with van der Waals surface area (Å²) in [7, 11) is 1.66. The average molecular weight is 454 g/mol. The highest BCUT2D eigenvalue weighted by atomic mass is 79.9. The van der Waals surface area contributed by atoms with E-state index < -0.39 is 0 Å². The Hall–Kier alpha value is -2.44. The molecule has 1 atom stereocenters. The molecule has 29 heavy (non-hydrogen) atoms. The van der Waals surface area contributed by atoms with Gasteiger partial charge in [-0.05, 0) is 67.2 Å². The summed E-state index contributed by atoms with van der Waals surface area (Å²) in [6.45, 7) is 2.91. The molecule has 2 heterocycles. The maximum absolute atomic E-state index is 13.1. The summed E-state index contributed by atoms with van der Waals surface area (Å²) in [5, 5.41) is 5.19. The molecule has 4 rings (SSSR count). The van der Waals surface area contributed by atoms with Crippen LogP contribution in [0.25, 0.3) is 10.8 Å². The van der Waals surface area contributed by atoms with E-state index in [1.165, 1.54) is 12.8 Å². The highest BCUT2D eigenvalue weighted by Gasteiger charge is 2.22. The molecular formula is C23H24BrN3O2. The van der Waals surface area contributed by atoms with Crippen molar-refractivity contribution in [1.29, 1.82) is 0 Å². The number of nitrogens with one attached hydrogen (secondary N) is 1. The van der Waals surface area contributed by atoms with Crippen molar-refractivity contribution in [2.45, 2.75) is 18.9 Å². The first-order valence-corrected chi connectivity index (χ1v) is 10.6. The molecule has 1 fully saturated rings. The molecule has 1 amide bonds. The zero-order valence-electron chi connectivity index (χ0n) is 16.4. The predicted molar refractivity (Wildman–Crippen MR) is 118 cm³/mol. The van der Waals surface area contributed by atoms with Crippen molar-refractivity contribution in [2.24, 2.45) is 0 Å². The Morgan fingerprint density at radius 1 is 1.17 bits per heavy atom. The molecule has 0 radical (unpaired) electrons. The fraction of sp³-hybridized carbons (Fsp3) is 0.304. The van der Waals surface area contributed by atoms with Gasteiger partial charge in [0, 0.05) is 22.6 Å². The van der Waals surface area contributed by atoms with Crippen LogP contribution in [0, 0.1) is 0 Å². The van der Waals surface area contributed by atoms with Gasteiger partial charge in [-0.25, -0.2) is 0 Å². The second-order valence-corrected chi connectivity index (χ2v) is 8.29. The number of likely N-dealkylation sites (tertiary alicyclic amines) is 1. The SMILES string of the molecule is COc1cccc(C(CN2CCCC2)NC(=O)c2cc3cc(Br)ccc3cn2)c1. The molecule has 3 aromatic rings. The Balaban J connectivity index is 1.59. The second kappa shape index (κ2) is 8.93. The first kappa shape index (κ1) is 19.9. The first-order chi connectivity index (χ1) is 14.1. The van der Waals surface area contributed by atoms with Crippen LogP contribution in [0.2, 0.25) is 0 Å². The summed E-state index contributed by atoms with van der Waals surface area (Å²) >= 11 is 3.49. The average Bonchev–Trinajstić information content (AvgIpc) is 3.26. The summed E-state index contributed by atoms with van der Waals surface area (Å²) < 4.78 is 6.36. The van der Waals surface area contributed by atoms with E-state index in [9.17, 15) is 4.79 Å². The number of benzene rings is 2. The van der Waals surface area contributed by atoms with Gasteiger partial charge in [0.25, 0.3) is 5.91 Å². The number of amides is 1. The lowest BCUT2D eigenvalue weighted by Gasteiger charge is -2.25. The number of nitrogens with zero attached hydrogens (tertiary/aromatic N) is 2. The number of aromatic nitrogens is 1. The molecule has 1 unspecified atom stereocenters. The molecule has 0 aliphatic carbocycles. The number of halogens is 1. The fourth-order valence-corrected chi connectivity index (χ4v) is 4.16. The number of carbonyl (C=O) groups excluding carboxylic acids is 1. The standard InChI is InChI=1S/C23H24BrN3O2/c1-29-20-6-4-5-16(12-20)22(15-27-9-2-3-10-27)26-23(28)21-13-18-11-19(24)8-7-17(18)14-25-21/h4-8,11-14,22H,2-3,9-10,15H2,1H3,(H,26,28). The highest BCUT2D eigenvalue weighted by Crippen LogP contribution is 2.23. The van der Waals surface area contributed by atoms with Crippen molar-refractivity contribution in [3.63, 3.8) is 0 Å². The molecule has 1 aliphatic rings. The van der Waals surface area contributed by atoms with Gasteiger partial charge in [0.1, 0.15) is 11.4 Å². The van der Waals surface area contributed by atoms with Gasteiger partial charge in [0.2, 0.25) is 0 Å². The van der Waals surface area contributed by atoms with Gasteiger partial charge in [0.15, 0.2) is 0 Å². The topological polar surface area (TPSA) is 54.5 Å². The molecule has 1 saturated heterocycles. The molecular weight excluding hydrogens is 430 g/mol. The van der Waals surface area contributed by atoms with Crippen LogP contribution in [0.3, 0.4) is 0 Å². The number of hydrogen-bond donors (Lipinski definition) is 1. The molecule has 2 aromatic carbocycles. The molecule has 1 aliphatic heterocycles. The molecule has 1 aromatic heterocycles. The van der Waals surface area contributed by atoms with Gasteiger partial charge in [-0.3, -0.25) is 9.78 Å². The number of fused-ring (bicyclic) bond motifs is 1. The van der Waals surface area contributed by atoms with Crippen molar-refractivity contribution >= 4 is 32.6 Å². The van der Waals surface area contributed by atoms with Crippen molar-refractivity contribution in [3.8, 4) is 5.75 Å². The van der Waals surface area contributed by atoms with E-state index in [0.29, 0.717) is 5.69 Å². The zero-order chi connectivity index (χ0) is 20.2. The summed E-state index contributed by atoms with van der Waals surface area (Å²) in [5.41, 5.74) is 1.46. The van der Waals surface area contributed by atoms with Crippen molar-refractivity contribution in [2.75, 3.05) is 26.7 Å². The summed E-state index contributed by atoms with van der Waals surface area (Å²) in [5.74, 6) is 0.621. The molecule has 1 N–H and O–H groups in total. The molecule has 150 valence electrons. The van der Waals surface area contributed by atoms with Gasteiger partial charge in [-0.15, -0.1) is 0 Å². The lowest BCUT2D eigenvalue weighted by atomic mass is 10.1. The van der Waals surface area contributed by atoms with Crippen LogP contribution in [0.5, 0.6) is 5.75 Å². The van der Waals surface area contributed by atoms with Crippen LogP contribution in [0.4, 0.5) is 0 Å². The van der Waals surface area contributed by atoms with Gasteiger partial charge >= 0.3 is 0 Å². The first-order valence-electron chi connectivity index (χ1n) is 9.85. The van der Waals surface area contributed by atoms with E-state index in [1.807, 2.05) is 48.5 Å². The number of carbonyl (C=O) groups is 1. The minimum Gasteiger partial charge on any atom is -0.497 e. The van der Waals surface area contributed by atoms with E-state index in [0.717, 1.165) is 46.2 Å². The third-order valence-electron chi connectivity index (χ3n) is 5.36. The predicted octanol–water partition coefficient (Wildman–Crippen LogP) is 4.57. The third-order valence-corrected chi connectivity index (χ3v) is 5.85. The Bertz CT molecular complexity index is 1020. The van der Waals surface area contributed by atoms with Gasteiger partial charge in [0.05, 0.1) is 13.2 Å². The molecule has 6 heteroatoms. The van der Waals surface area contributed by atoms with Crippen LogP contribution in [-0.4, -0.2) is 42.5 Å². The second-order valence-electron chi connectivity index (χ2n) is 7.37. The van der Waals surface area contributed by atoms with Gasteiger partial charge < -0.3 is 15.0 Å². The number of hydrogen-bond acceptors (Lipinski definition) is 4. The van der Waals surface area contributed by atoms with Gasteiger partial charge in [-0.2, -0.15) is 0 Å². The lowest BCUT2D eigenvalue weighted by molar-refractivity contribution is 0.0922. The minimum atomic E-state index is -0.168. The smallest absolute Gasteiger partial charge is 0.270 e. The molecule has 0 saturated carbocycles. The van der Waals surface area contributed by atoms with Crippen molar-refractivity contribution in [3.05, 3.63) is 70.5 Å². The Morgan fingerprint density at radius 2 is 2.00 bits per heavy atom. The summed E-state index contributed by atoms with van der Waals surface area (Å²) in [4.78, 5) is 19.8. The Morgan fingerprint density at radius 3 is 2.79 bits per heavy atom. The monoisotopic (exact) mass is 453 g/mol. The van der Waals surface area contributed by atoms with Crippen LogP contribution < -0.4 is 10.1 Å². The van der Waals surface area contributed by atoms with Crippen LogP contribution in [0.1, 0.15) is 34.9 Å². The number of rotatable bonds is 6.